The number of hydrogen-bond donors (Lipinski definition) is 1. The molecule has 2 unspecified atom stereocenters. The third kappa shape index (κ3) is 4.26. The molecular weight excluding hydrogens is 309 g/mol. The molecule has 1 aromatic carbocycles. The van der Waals surface area contributed by atoms with Gasteiger partial charge in [-0.2, -0.15) is 0 Å². The summed E-state index contributed by atoms with van der Waals surface area (Å²) in [6.07, 6.45) is 2.98. The maximum absolute atomic E-state index is 13.9. The lowest BCUT2D eigenvalue weighted by Crippen LogP contribution is -2.41. The molecule has 1 aliphatic heterocycles. The summed E-state index contributed by atoms with van der Waals surface area (Å²) in [7, 11) is 0. The minimum absolute atomic E-state index is 0.122. The monoisotopic (exact) mass is 329 g/mol. The van der Waals surface area contributed by atoms with Crippen molar-refractivity contribution in [3.63, 3.8) is 0 Å². The van der Waals surface area contributed by atoms with Crippen LogP contribution >= 0.6 is 15.9 Å². The van der Waals surface area contributed by atoms with Gasteiger partial charge in [-0.15, -0.1) is 0 Å². The van der Waals surface area contributed by atoms with Crippen LogP contribution in [0.5, 0.6) is 0 Å². The molecule has 2 nitrogen and oxygen atoms in total. The van der Waals surface area contributed by atoms with Gasteiger partial charge in [-0.05, 0) is 55.5 Å². The van der Waals surface area contributed by atoms with Crippen molar-refractivity contribution < 1.29 is 9.13 Å². The summed E-state index contributed by atoms with van der Waals surface area (Å²) in [6.45, 7) is 4.64. The fourth-order valence-corrected chi connectivity index (χ4v) is 3.10. The third-order valence-corrected chi connectivity index (χ3v) is 4.17. The molecule has 0 radical (unpaired) electrons. The van der Waals surface area contributed by atoms with E-state index in [1.165, 1.54) is 6.07 Å². The van der Waals surface area contributed by atoms with Gasteiger partial charge in [-0.25, -0.2) is 4.39 Å². The van der Waals surface area contributed by atoms with Gasteiger partial charge in [0, 0.05) is 17.1 Å². The lowest BCUT2D eigenvalue weighted by molar-refractivity contribution is 0.0394. The van der Waals surface area contributed by atoms with E-state index in [4.69, 9.17) is 4.74 Å². The van der Waals surface area contributed by atoms with Gasteiger partial charge in [0.1, 0.15) is 5.82 Å². The van der Waals surface area contributed by atoms with Crippen LogP contribution < -0.4 is 5.32 Å². The van der Waals surface area contributed by atoms with E-state index in [-0.39, 0.29) is 11.9 Å². The fourth-order valence-electron chi connectivity index (χ4n) is 2.69. The molecule has 1 aromatic rings. The predicted molar refractivity (Wildman–Crippen MR) is 78.8 cm³/mol. The quantitative estimate of drug-likeness (QED) is 0.892. The van der Waals surface area contributed by atoms with Crippen molar-refractivity contribution in [2.45, 2.75) is 32.2 Å². The molecule has 0 bridgehead atoms. The van der Waals surface area contributed by atoms with Crippen LogP contribution in [0.2, 0.25) is 0 Å². The number of likely N-dealkylation sites (N-methyl/N-ethyl adjacent to an activating group) is 1. The molecule has 0 aliphatic carbocycles. The summed E-state index contributed by atoms with van der Waals surface area (Å²) in [6, 6.07) is 5.43. The van der Waals surface area contributed by atoms with Crippen molar-refractivity contribution in [2.24, 2.45) is 5.92 Å². The number of rotatable bonds is 5. The number of hydrogen-bond acceptors (Lipinski definition) is 2. The van der Waals surface area contributed by atoms with E-state index < -0.39 is 0 Å². The molecule has 2 atom stereocenters. The first-order chi connectivity index (χ1) is 9.20. The molecule has 0 aromatic heterocycles. The lowest BCUT2D eigenvalue weighted by atomic mass is 9.89. The summed E-state index contributed by atoms with van der Waals surface area (Å²) in [5, 5.41) is 3.49. The SMILES string of the molecule is CCNC(Cc1cc(Br)ccc1F)C1CCCOC1. The lowest BCUT2D eigenvalue weighted by Gasteiger charge is -2.31. The first-order valence-corrected chi connectivity index (χ1v) is 7.75. The van der Waals surface area contributed by atoms with Gasteiger partial charge in [0.2, 0.25) is 0 Å². The molecule has 1 saturated heterocycles. The van der Waals surface area contributed by atoms with Gasteiger partial charge in [0.15, 0.2) is 0 Å². The summed E-state index contributed by atoms with van der Waals surface area (Å²) in [4.78, 5) is 0. The van der Waals surface area contributed by atoms with E-state index in [1.807, 2.05) is 6.07 Å². The summed E-state index contributed by atoms with van der Waals surface area (Å²) >= 11 is 3.41. The highest BCUT2D eigenvalue weighted by Gasteiger charge is 2.24. The fraction of sp³-hybridized carbons (Fsp3) is 0.600. The van der Waals surface area contributed by atoms with Crippen LogP contribution in [0.15, 0.2) is 22.7 Å². The van der Waals surface area contributed by atoms with E-state index in [9.17, 15) is 4.39 Å². The first-order valence-electron chi connectivity index (χ1n) is 6.95. The third-order valence-electron chi connectivity index (χ3n) is 3.68. The highest BCUT2D eigenvalue weighted by molar-refractivity contribution is 9.10. The molecule has 1 N–H and O–H groups in total. The Balaban J connectivity index is 2.08. The van der Waals surface area contributed by atoms with Crippen LogP contribution in [0.1, 0.15) is 25.3 Å². The van der Waals surface area contributed by atoms with Gasteiger partial charge in [-0.3, -0.25) is 0 Å². The number of nitrogens with one attached hydrogen (secondary N) is 1. The maximum atomic E-state index is 13.9. The van der Waals surface area contributed by atoms with Gasteiger partial charge < -0.3 is 10.1 Å². The minimum atomic E-state index is -0.122. The zero-order valence-electron chi connectivity index (χ0n) is 11.3. The Bertz CT molecular complexity index is 407. The van der Waals surface area contributed by atoms with E-state index >= 15 is 0 Å². The molecule has 19 heavy (non-hydrogen) atoms. The van der Waals surface area contributed by atoms with E-state index in [2.05, 4.69) is 28.2 Å². The predicted octanol–water partition coefficient (Wildman–Crippen LogP) is 3.54. The number of halogens is 2. The second-order valence-corrected chi connectivity index (χ2v) is 6.00. The molecule has 4 heteroatoms. The van der Waals surface area contributed by atoms with Crippen molar-refractivity contribution in [1.29, 1.82) is 0 Å². The van der Waals surface area contributed by atoms with E-state index in [0.717, 1.165) is 42.6 Å². The summed E-state index contributed by atoms with van der Waals surface area (Å²) in [5.41, 5.74) is 0.769. The average molecular weight is 330 g/mol. The molecular formula is C15H21BrFNO. The zero-order chi connectivity index (χ0) is 13.7. The van der Waals surface area contributed by atoms with Crippen molar-refractivity contribution >= 4 is 15.9 Å². The Morgan fingerprint density at radius 3 is 3.05 bits per heavy atom. The second-order valence-electron chi connectivity index (χ2n) is 5.08. The molecule has 0 spiro atoms. The summed E-state index contributed by atoms with van der Waals surface area (Å²) in [5.74, 6) is 0.356. The van der Waals surface area contributed by atoms with Crippen LogP contribution in [-0.4, -0.2) is 25.8 Å². The van der Waals surface area contributed by atoms with Crippen molar-refractivity contribution in [3.05, 3.63) is 34.1 Å². The highest BCUT2D eigenvalue weighted by Crippen LogP contribution is 2.23. The molecule has 0 amide bonds. The van der Waals surface area contributed by atoms with Crippen LogP contribution in [-0.2, 0) is 11.2 Å². The largest absolute Gasteiger partial charge is 0.381 e. The van der Waals surface area contributed by atoms with Crippen LogP contribution in [0.25, 0.3) is 0 Å². The Kier molecular flexibility index (Phi) is 5.79. The molecule has 1 fully saturated rings. The maximum Gasteiger partial charge on any atom is 0.126 e. The smallest absolute Gasteiger partial charge is 0.126 e. The molecule has 1 heterocycles. The van der Waals surface area contributed by atoms with Gasteiger partial charge in [0.05, 0.1) is 6.61 Å². The molecule has 2 rings (SSSR count). The Hall–Kier alpha value is -0.450. The van der Waals surface area contributed by atoms with E-state index in [1.54, 1.807) is 6.07 Å². The normalized spacial score (nSPS) is 21.3. The van der Waals surface area contributed by atoms with Crippen LogP contribution in [0, 0.1) is 11.7 Å². The zero-order valence-corrected chi connectivity index (χ0v) is 12.9. The Morgan fingerprint density at radius 2 is 2.37 bits per heavy atom. The Morgan fingerprint density at radius 1 is 1.53 bits per heavy atom. The first kappa shape index (κ1) is 14.9. The molecule has 1 aliphatic rings. The van der Waals surface area contributed by atoms with E-state index in [0.29, 0.717) is 12.3 Å². The van der Waals surface area contributed by atoms with Crippen molar-refractivity contribution in [2.75, 3.05) is 19.8 Å². The average Bonchev–Trinajstić information content (AvgIpc) is 2.43. The molecule has 106 valence electrons. The second kappa shape index (κ2) is 7.36. The molecule has 0 saturated carbocycles. The topological polar surface area (TPSA) is 21.3 Å². The van der Waals surface area contributed by atoms with Crippen molar-refractivity contribution in [1.82, 2.24) is 5.32 Å². The highest BCUT2D eigenvalue weighted by atomic mass is 79.9. The van der Waals surface area contributed by atoms with Gasteiger partial charge in [-0.1, -0.05) is 22.9 Å². The van der Waals surface area contributed by atoms with Crippen LogP contribution in [0.4, 0.5) is 4.39 Å². The van der Waals surface area contributed by atoms with Gasteiger partial charge in [0.25, 0.3) is 0 Å². The van der Waals surface area contributed by atoms with Crippen LogP contribution in [0.3, 0.4) is 0 Å². The van der Waals surface area contributed by atoms with Crippen molar-refractivity contribution in [3.8, 4) is 0 Å². The number of ether oxygens (including phenoxy) is 1. The number of benzene rings is 1. The Labute approximate surface area is 122 Å². The summed E-state index contributed by atoms with van der Waals surface area (Å²) < 4.78 is 20.3. The standard InChI is InChI=1S/C15H21BrFNO/c1-2-18-15(11-4-3-7-19-10-11)9-12-8-13(16)5-6-14(12)17/h5-6,8,11,15,18H,2-4,7,9-10H2,1H3. The minimum Gasteiger partial charge on any atom is -0.381 e. The van der Waals surface area contributed by atoms with Gasteiger partial charge >= 0.3 is 0 Å².